The van der Waals surface area contributed by atoms with Gasteiger partial charge in [0.1, 0.15) is 18.2 Å². The molecule has 148 valence electrons. The number of halogens is 2. The molecule has 1 atom stereocenters. The normalized spacial score (nSPS) is 16.1. The highest BCUT2D eigenvalue weighted by atomic mass is 79.9. The van der Waals surface area contributed by atoms with Crippen molar-refractivity contribution < 1.29 is 9.53 Å². The Kier molecular flexibility index (Phi) is 5.64. The second kappa shape index (κ2) is 8.34. The third-order valence-corrected chi connectivity index (χ3v) is 5.83. The van der Waals surface area contributed by atoms with Gasteiger partial charge in [-0.1, -0.05) is 18.2 Å². The van der Waals surface area contributed by atoms with Crippen molar-refractivity contribution >= 4 is 55.8 Å². The van der Waals surface area contributed by atoms with E-state index in [-0.39, 0.29) is 12.0 Å². The fourth-order valence-corrected chi connectivity index (χ4v) is 3.57. The molecule has 0 aliphatic carbocycles. The van der Waals surface area contributed by atoms with Gasteiger partial charge < -0.3 is 15.0 Å². The summed E-state index contributed by atoms with van der Waals surface area (Å²) in [5.41, 5.74) is 1.49. The molecule has 0 saturated carbocycles. The molecule has 2 aromatic heterocycles. The number of ether oxygens (including phenoxy) is 1. The zero-order valence-corrected chi connectivity index (χ0v) is 17.7. The summed E-state index contributed by atoms with van der Waals surface area (Å²) in [5.74, 6) is 0.994. The Morgan fingerprint density at radius 3 is 3.00 bits per heavy atom. The van der Waals surface area contributed by atoms with E-state index in [1.807, 2.05) is 18.2 Å². The van der Waals surface area contributed by atoms with Crippen molar-refractivity contribution in [2.75, 3.05) is 18.4 Å². The number of benzene rings is 1. The van der Waals surface area contributed by atoms with E-state index in [4.69, 9.17) is 16.3 Å². The molecule has 29 heavy (non-hydrogen) atoms. The molecule has 0 bridgehead atoms. The average molecular weight is 475 g/mol. The van der Waals surface area contributed by atoms with E-state index >= 15 is 0 Å². The maximum atomic E-state index is 11.7. The zero-order valence-electron chi connectivity index (χ0n) is 15.3. The fraction of sp³-hybridized carbons (Fsp3) is 0.200. The molecule has 0 spiro atoms. The van der Waals surface area contributed by atoms with Crippen LogP contribution in [0.1, 0.15) is 6.42 Å². The van der Waals surface area contributed by atoms with E-state index in [9.17, 15) is 4.79 Å². The number of amides is 1. The maximum Gasteiger partial charge on any atom is 0.246 e. The van der Waals surface area contributed by atoms with Gasteiger partial charge in [0.15, 0.2) is 0 Å². The second-order valence-electron chi connectivity index (χ2n) is 6.53. The Morgan fingerprint density at radius 2 is 2.21 bits per heavy atom. The van der Waals surface area contributed by atoms with Gasteiger partial charge in [-0.3, -0.25) is 4.79 Å². The molecular formula is C20H17BrClN5O2. The first-order chi connectivity index (χ1) is 14.0. The topological polar surface area (TPSA) is 80.2 Å². The predicted octanol–water partition coefficient (Wildman–Crippen LogP) is 4.35. The van der Waals surface area contributed by atoms with Crippen LogP contribution in [0, 0.1) is 0 Å². The number of carbonyl (C=O) groups is 1. The van der Waals surface area contributed by atoms with E-state index in [1.54, 1.807) is 17.2 Å². The predicted molar refractivity (Wildman–Crippen MR) is 116 cm³/mol. The highest BCUT2D eigenvalue weighted by Gasteiger charge is 2.26. The van der Waals surface area contributed by atoms with Gasteiger partial charge in [-0.05, 0) is 40.2 Å². The van der Waals surface area contributed by atoms with Crippen molar-refractivity contribution in [1.82, 2.24) is 19.9 Å². The van der Waals surface area contributed by atoms with Crippen LogP contribution in [0.5, 0.6) is 5.88 Å². The number of nitrogens with zero attached hydrogens (tertiary/aromatic N) is 4. The first-order valence-electron chi connectivity index (χ1n) is 8.94. The van der Waals surface area contributed by atoms with Crippen LogP contribution in [0.4, 0.5) is 11.5 Å². The lowest BCUT2D eigenvalue weighted by Gasteiger charge is -2.15. The molecule has 1 aliphatic rings. The van der Waals surface area contributed by atoms with Crippen LogP contribution in [0.15, 0.2) is 53.9 Å². The van der Waals surface area contributed by atoms with E-state index in [0.29, 0.717) is 35.3 Å². The fourth-order valence-electron chi connectivity index (χ4n) is 3.14. The average Bonchev–Trinajstić information content (AvgIpc) is 3.19. The number of pyridine rings is 1. The molecule has 1 N–H and O–H groups in total. The monoisotopic (exact) mass is 473 g/mol. The third kappa shape index (κ3) is 4.33. The molecule has 7 nitrogen and oxygen atoms in total. The number of anilines is 2. The van der Waals surface area contributed by atoms with Crippen LogP contribution < -0.4 is 10.1 Å². The molecule has 1 amide bonds. The molecule has 4 rings (SSSR count). The van der Waals surface area contributed by atoms with E-state index < -0.39 is 0 Å². The van der Waals surface area contributed by atoms with Crippen molar-refractivity contribution in [3.8, 4) is 5.88 Å². The number of hydrogen-bond acceptors (Lipinski definition) is 6. The van der Waals surface area contributed by atoms with Crippen molar-refractivity contribution in [1.29, 1.82) is 0 Å². The molecule has 1 aromatic carbocycles. The minimum atomic E-state index is -0.116. The summed E-state index contributed by atoms with van der Waals surface area (Å²) in [4.78, 5) is 26.4. The van der Waals surface area contributed by atoms with Crippen LogP contribution in [-0.2, 0) is 4.79 Å². The Morgan fingerprint density at radius 1 is 1.34 bits per heavy atom. The number of fused-ring (bicyclic) bond motifs is 1. The second-order valence-corrected chi connectivity index (χ2v) is 7.79. The minimum absolute atomic E-state index is 0.0874. The lowest BCUT2D eigenvalue weighted by molar-refractivity contribution is -0.125. The Bertz CT molecular complexity index is 1090. The summed E-state index contributed by atoms with van der Waals surface area (Å²) in [6.45, 7) is 4.68. The van der Waals surface area contributed by atoms with Gasteiger partial charge in [0.05, 0.1) is 23.3 Å². The minimum Gasteiger partial charge on any atom is -0.472 e. The lowest BCUT2D eigenvalue weighted by Crippen LogP contribution is -2.29. The molecule has 1 saturated heterocycles. The van der Waals surface area contributed by atoms with Gasteiger partial charge in [0.25, 0.3) is 0 Å². The molecule has 3 aromatic rings. The van der Waals surface area contributed by atoms with Gasteiger partial charge in [-0.2, -0.15) is 0 Å². The summed E-state index contributed by atoms with van der Waals surface area (Å²) in [7, 11) is 0. The smallest absolute Gasteiger partial charge is 0.246 e. The summed E-state index contributed by atoms with van der Waals surface area (Å²) in [6, 6.07) is 7.37. The van der Waals surface area contributed by atoms with Gasteiger partial charge in [-0.15, -0.1) is 0 Å². The van der Waals surface area contributed by atoms with Crippen molar-refractivity contribution in [2.45, 2.75) is 12.5 Å². The van der Waals surface area contributed by atoms with Crippen LogP contribution in [0.25, 0.3) is 10.9 Å². The molecule has 1 fully saturated rings. The highest BCUT2D eigenvalue weighted by Crippen LogP contribution is 2.30. The highest BCUT2D eigenvalue weighted by molar-refractivity contribution is 9.10. The van der Waals surface area contributed by atoms with Gasteiger partial charge in [-0.25, -0.2) is 15.0 Å². The number of hydrogen-bond donors (Lipinski definition) is 1. The van der Waals surface area contributed by atoms with Gasteiger partial charge in [0.2, 0.25) is 11.8 Å². The summed E-state index contributed by atoms with van der Waals surface area (Å²) in [5, 5.41) is 4.63. The number of nitrogens with one attached hydrogen (secondary N) is 1. The number of aromatic nitrogens is 3. The number of rotatable bonds is 5. The van der Waals surface area contributed by atoms with E-state index in [1.165, 1.54) is 12.4 Å². The van der Waals surface area contributed by atoms with Crippen LogP contribution in [0.3, 0.4) is 0 Å². The van der Waals surface area contributed by atoms with Crippen molar-refractivity contribution in [2.24, 2.45) is 0 Å². The Hall–Kier alpha value is -2.71. The largest absolute Gasteiger partial charge is 0.472 e. The SMILES string of the molecule is C=CC(=O)N1CCC(Oc2cc3c(Nc4ccc(Br)c(Cl)c4)ncnc3cn2)C1. The van der Waals surface area contributed by atoms with Crippen molar-refractivity contribution in [3.05, 3.63) is 58.9 Å². The molecule has 9 heteroatoms. The van der Waals surface area contributed by atoms with Gasteiger partial charge >= 0.3 is 0 Å². The summed E-state index contributed by atoms with van der Waals surface area (Å²) >= 11 is 9.56. The summed E-state index contributed by atoms with van der Waals surface area (Å²) < 4.78 is 6.82. The van der Waals surface area contributed by atoms with Crippen LogP contribution >= 0.6 is 27.5 Å². The molecule has 1 unspecified atom stereocenters. The van der Waals surface area contributed by atoms with Crippen LogP contribution in [0.2, 0.25) is 5.02 Å². The van der Waals surface area contributed by atoms with Crippen LogP contribution in [-0.4, -0.2) is 45.0 Å². The molecule has 0 radical (unpaired) electrons. The summed E-state index contributed by atoms with van der Waals surface area (Å²) in [6.07, 6.45) is 5.07. The number of carbonyl (C=O) groups excluding carboxylic acids is 1. The van der Waals surface area contributed by atoms with E-state index in [2.05, 4.69) is 42.8 Å². The third-order valence-electron chi connectivity index (χ3n) is 4.60. The van der Waals surface area contributed by atoms with Gasteiger partial charge in [0, 0.05) is 34.6 Å². The standard InChI is InChI=1S/C20H17BrClN5O2/c1-2-19(28)27-6-5-13(10-27)29-18-8-14-17(9-23-18)24-11-25-20(14)26-12-3-4-15(21)16(22)7-12/h2-4,7-9,11,13H,1,5-6,10H2,(H,24,25,26). The molecule has 1 aliphatic heterocycles. The van der Waals surface area contributed by atoms with Crippen molar-refractivity contribution in [3.63, 3.8) is 0 Å². The molecular weight excluding hydrogens is 458 g/mol. The van der Waals surface area contributed by atoms with E-state index in [0.717, 1.165) is 22.0 Å². The maximum absolute atomic E-state index is 11.7. The molecule has 3 heterocycles. The first kappa shape index (κ1) is 19.6. The lowest BCUT2D eigenvalue weighted by atomic mass is 10.2. The number of likely N-dealkylation sites (tertiary alicyclic amines) is 1. The Balaban J connectivity index is 1.57. The zero-order chi connectivity index (χ0) is 20.4. The Labute approximate surface area is 180 Å². The quantitative estimate of drug-likeness (QED) is 0.554. The first-order valence-corrected chi connectivity index (χ1v) is 10.1.